The number of ether oxygens (including phenoxy) is 4. The average molecular weight is 421 g/mol. The van der Waals surface area contributed by atoms with Crippen molar-refractivity contribution >= 4 is 33.5 Å². The highest BCUT2D eigenvalue weighted by Crippen LogP contribution is 2.36. The first-order valence-electron chi connectivity index (χ1n) is 9.72. The fourth-order valence-corrected chi connectivity index (χ4v) is 3.36. The quantitative estimate of drug-likeness (QED) is 0.452. The third kappa shape index (κ3) is 4.07. The number of anilines is 1. The van der Waals surface area contributed by atoms with Gasteiger partial charge in [0.25, 0.3) is 5.91 Å². The number of furan rings is 1. The van der Waals surface area contributed by atoms with Crippen LogP contribution in [0.25, 0.3) is 21.9 Å². The zero-order valence-corrected chi connectivity index (χ0v) is 17.7. The molecule has 0 aliphatic rings. The van der Waals surface area contributed by atoms with E-state index in [9.17, 15) is 4.79 Å². The Morgan fingerprint density at radius 2 is 1.52 bits per heavy atom. The van der Waals surface area contributed by atoms with Crippen molar-refractivity contribution < 1.29 is 28.2 Å². The number of benzene rings is 3. The Morgan fingerprint density at radius 3 is 2.19 bits per heavy atom. The summed E-state index contributed by atoms with van der Waals surface area (Å²) >= 11 is 0. The number of hydrogen-bond acceptors (Lipinski definition) is 6. The molecule has 0 radical (unpaired) electrons. The number of carbonyl (C=O) groups is 1. The zero-order valence-electron chi connectivity index (χ0n) is 17.7. The summed E-state index contributed by atoms with van der Waals surface area (Å²) in [5, 5.41) is 4.76. The zero-order chi connectivity index (χ0) is 22.0. The Morgan fingerprint density at radius 1 is 0.839 bits per heavy atom. The van der Waals surface area contributed by atoms with E-state index in [2.05, 4.69) is 5.32 Å². The van der Waals surface area contributed by atoms with Crippen LogP contribution in [0.4, 0.5) is 5.69 Å². The predicted molar refractivity (Wildman–Crippen MR) is 119 cm³/mol. The monoisotopic (exact) mass is 421 g/mol. The second-order valence-corrected chi connectivity index (χ2v) is 6.94. The highest BCUT2D eigenvalue weighted by molar-refractivity contribution is 6.08. The van der Waals surface area contributed by atoms with Gasteiger partial charge in [0.05, 0.1) is 27.0 Å². The van der Waals surface area contributed by atoms with Gasteiger partial charge in [0.2, 0.25) is 0 Å². The first kappa shape index (κ1) is 20.4. The molecule has 31 heavy (non-hydrogen) atoms. The lowest BCUT2D eigenvalue weighted by atomic mass is 10.1. The number of carbonyl (C=O) groups excluding carboxylic acids is 1. The summed E-state index contributed by atoms with van der Waals surface area (Å²) in [6, 6.07) is 16.5. The summed E-state index contributed by atoms with van der Waals surface area (Å²) in [7, 11) is 4.66. The van der Waals surface area contributed by atoms with Crippen molar-refractivity contribution in [2.24, 2.45) is 0 Å². The van der Waals surface area contributed by atoms with E-state index in [1.807, 2.05) is 30.3 Å². The highest BCUT2D eigenvalue weighted by atomic mass is 16.5. The molecule has 3 aromatic carbocycles. The molecular weight excluding hydrogens is 398 g/mol. The fourth-order valence-electron chi connectivity index (χ4n) is 3.36. The second kappa shape index (κ2) is 8.47. The van der Waals surface area contributed by atoms with Gasteiger partial charge in [-0.15, -0.1) is 0 Å². The van der Waals surface area contributed by atoms with Crippen LogP contribution in [0.3, 0.4) is 0 Å². The first-order valence-corrected chi connectivity index (χ1v) is 9.72. The molecule has 1 atom stereocenters. The number of nitrogens with one attached hydrogen (secondary N) is 1. The predicted octanol–water partition coefficient (Wildman–Crippen LogP) is 5.02. The summed E-state index contributed by atoms with van der Waals surface area (Å²) in [6.45, 7) is 1.66. The van der Waals surface area contributed by atoms with Crippen LogP contribution in [-0.4, -0.2) is 33.3 Å². The minimum Gasteiger partial charge on any atom is -0.496 e. The Hall–Kier alpha value is -3.87. The van der Waals surface area contributed by atoms with Crippen LogP contribution >= 0.6 is 0 Å². The molecule has 0 spiro atoms. The van der Waals surface area contributed by atoms with Crippen LogP contribution in [-0.2, 0) is 4.79 Å². The summed E-state index contributed by atoms with van der Waals surface area (Å²) < 4.78 is 27.7. The van der Waals surface area contributed by atoms with E-state index in [1.54, 1.807) is 52.5 Å². The Kier molecular flexibility index (Phi) is 5.58. The third-order valence-electron chi connectivity index (χ3n) is 4.96. The van der Waals surface area contributed by atoms with E-state index in [4.69, 9.17) is 23.4 Å². The molecule has 7 nitrogen and oxygen atoms in total. The number of rotatable bonds is 7. The minimum atomic E-state index is -0.784. The largest absolute Gasteiger partial charge is 0.496 e. The van der Waals surface area contributed by atoms with Crippen molar-refractivity contribution in [2.45, 2.75) is 13.0 Å². The maximum Gasteiger partial charge on any atom is 0.265 e. The van der Waals surface area contributed by atoms with Crippen molar-refractivity contribution in [2.75, 3.05) is 26.6 Å². The molecule has 1 amide bonds. The van der Waals surface area contributed by atoms with Gasteiger partial charge in [-0.05, 0) is 19.1 Å². The van der Waals surface area contributed by atoms with Gasteiger partial charge in [-0.3, -0.25) is 4.79 Å². The Bertz CT molecular complexity index is 1220. The standard InChI is InChI=1S/C24H23NO6/c1-14(30-17-10-15(27-2)9-16(11-17)28-3)24(26)25-20-13-22-19(12-23(20)29-4)18-7-5-6-8-21(18)31-22/h5-14H,1-4H3,(H,25,26)/t14-/m0/s1. The molecule has 0 unspecified atom stereocenters. The van der Waals surface area contributed by atoms with Gasteiger partial charge < -0.3 is 28.7 Å². The van der Waals surface area contributed by atoms with Crippen LogP contribution in [0.15, 0.2) is 59.0 Å². The van der Waals surface area contributed by atoms with Gasteiger partial charge in [0.15, 0.2) is 6.10 Å². The Balaban J connectivity index is 1.58. The van der Waals surface area contributed by atoms with Gasteiger partial charge in [-0.1, -0.05) is 18.2 Å². The number of hydrogen-bond donors (Lipinski definition) is 1. The van der Waals surface area contributed by atoms with Crippen LogP contribution in [0.5, 0.6) is 23.0 Å². The molecule has 0 fully saturated rings. The first-order chi connectivity index (χ1) is 15.0. The molecule has 7 heteroatoms. The van der Waals surface area contributed by atoms with Crippen LogP contribution in [0.1, 0.15) is 6.92 Å². The van der Waals surface area contributed by atoms with Gasteiger partial charge in [0.1, 0.15) is 34.2 Å². The van der Waals surface area contributed by atoms with Crippen molar-refractivity contribution in [3.8, 4) is 23.0 Å². The van der Waals surface area contributed by atoms with Crippen molar-refractivity contribution in [1.29, 1.82) is 0 Å². The molecule has 1 heterocycles. The van der Waals surface area contributed by atoms with Crippen molar-refractivity contribution in [3.05, 3.63) is 54.6 Å². The lowest BCUT2D eigenvalue weighted by molar-refractivity contribution is -0.122. The maximum absolute atomic E-state index is 12.8. The number of methoxy groups -OCH3 is 3. The summed E-state index contributed by atoms with van der Waals surface area (Å²) in [5.74, 6) is 1.79. The fraction of sp³-hybridized carbons (Fsp3) is 0.208. The topological polar surface area (TPSA) is 79.2 Å². The summed E-state index contributed by atoms with van der Waals surface area (Å²) in [5.41, 5.74) is 1.92. The van der Waals surface area contributed by atoms with Crippen LogP contribution in [0.2, 0.25) is 0 Å². The van der Waals surface area contributed by atoms with E-state index in [0.29, 0.717) is 34.3 Å². The summed E-state index contributed by atoms with van der Waals surface area (Å²) in [4.78, 5) is 12.8. The van der Waals surface area contributed by atoms with E-state index < -0.39 is 6.10 Å². The molecule has 0 aliphatic carbocycles. The van der Waals surface area contributed by atoms with Gasteiger partial charge in [0, 0.05) is 35.0 Å². The number of para-hydroxylation sites is 1. The lowest BCUT2D eigenvalue weighted by Crippen LogP contribution is -2.30. The molecule has 0 aliphatic heterocycles. The molecular formula is C24H23NO6. The molecule has 0 saturated carbocycles. The van der Waals surface area contributed by atoms with E-state index >= 15 is 0 Å². The normalized spacial score (nSPS) is 11.9. The number of fused-ring (bicyclic) bond motifs is 3. The van der Waals surface area contributed by atoms with E-state index in [0.717, 1.165) is 16.4 Å². The third-order valence-corrected chi connectivity index (χ3v) is 4.96. The lowest BCUT2D eigenvalue weighted by Gasteiger charge is -2.17. The van der Waals surface area contributed by atoms with Gasteiger partial charge in [-0.2, -0.15) is 0 Å². The Labute approximate surface area is 179 Å². The number of amides is 1. The van der Waals surface area contributed by atoms with E-state index in [1.165, 1.54) is 0 Å². The molecule has 160 valence electrons. The van der Waals surface area contributed by atoms with Crippen molar-refractivity contribution in [1.82, 2.24) is 0 Å². The SMILES string of the molecule is COc1cc(OC)cc(O[C@@H](C)C(=O)Nc2cc3oc4ccccc4c3cc2OC)c1. The van der Waals surface area contributed by atoms with Gasteiger partial charge >= 0.3 is 0 Å². The molecule has 1 aromatic heterocycles. The molecule has 4 aromatic rings. The molecule has 4 rings (SSSR count). The maximum atomic E-state index is 12.8. The van der Waals surface area contributed by atoms with Gasteiger partial charge in [-0.25, -0.2) is 0 Å². The van der Waals surface area contributed by atoms with E-state index in [-0.39, 0.29) is 5.91 Å². The molecule has 0 saturated heterocycles. The highest BCUT2D eigenvalue weighted by Gasteiger charge is 2.19. The van der Waals surface area contributed by atoms with Crippen molar-refractivity contribution in [3.63, 3.8) is 0 Å². The minimum absolute atomic E-state index is 0.337. The van der Waals surface area contributed by atoms with Crippen LogP contribution < -0.4 is 24.3 Å². The smallest absolute Gasteiger partial charge is 0.265 e. The molecule has 1 N–H and O–H groups in total. The summed E-state index contributed by atoms with van der Waals surface area (Å²) in [6.07, 6.45) is -0.784. The molecule has 0 bridgehead atoms. The van der Waals surface area contributed by atoms with Crippen LogP contribution in [0, 0.1) is 0 Å². The second-order valence-electron chi connectivity index (χ2n) is 6.94. The average Bonchev–Trinajstić information content (AvgIpc) is 3.15.